The van der Waals surface area contributed by atoms with E-state index in [1.165, 1.54) is 0 Å². The van der Waals surface area contributed by atoms with E-state index < -0.39 is 11.9 Å². The number of carbonyl (C=O) groups excluding carboxylic acids is 2. The van der Waals surface area contributed by atoms with Crippen molar-refractivity contribution in [3.63, 3.8) is 0 Å². The first kappa shape index (κ1) is 15.5. The topological polar surface area (TPSA) is 55.8 Å². The summed E-state index contributed by atoms with van der Waals surface area (Å²) in [5, 5.41) is 0. The van der Waals surface area contributed by atoms with Gasteiger partial charge in [0.15, 0.2) is 0 Å². The van der Waals surface area contributed by atoms with E-state index in [1.54, 1.807) is 14.0 Å². The first-order valence-corrected chi connectivity index (χ1v) is 7.18. The zero-order valence-corrected chi connectivity index (χ0v) is 12.5. The summed E-state index contributed by atoms with van der Waals surface area (Å²) in [6.07, 6.45) is 0.402. The molecular formula is C16H21NO4. The smallest absolute Gasteiger partial charge is 0.317 e. The van der Waals surface area contributed by atoms with E-state index >= 15 is 0 Å². The highest BCUT2D eigenvalue weighted by Crippen LogP contribution is 2.18. The maximum Gasteiger partial charge on any atom is 0.317 e. The first-order chi connectivity index (χ1) is 10.1. The Kier molecular flexibility index (Phi) is 5.33. The maximum absolute atomic E-state index is 11.8. The van der Waals surface area contributed by atoms with Gasteiger partial charge in [-0.25, -0.2) is 0 Å². The Morgan fingerprint density at radius 2 is 2.05 bits per heavy atom. The van der Waals surface area contributed by atoms with Gasteiger partial charge >= 0.3 is 5.97 Å². The zero-order valence-electron chi connectivity index (χ0n) is 12.5. The minimum absolute atomic E-state index is 0.0144. The van der Waals surface area contributed by atoms with Crippen LogP contribution in [0.15, 0.2) is 24.3 Å². The number of rotatable bonds is 5. The standard InChI is InChI=1S/C16H21NO4/c1-3-21-16(19)14-11-17(9-8-15(14)18)10-12-4-6-13(20-2)7-5-12/h4-7,14H,3,8-11H2,1-2H3/t14-/m0/s1. The van der Waals surface area contributed by atoms with Crippen molar-refractivity contribution in [2.75, 3.05) is 26.8 Å². The fourth-order valence-corrected chi connectivity index (χ4v) is 2.48. The molecule has 1 saturated heterocycles. The molecule has 1 aromatic rings. The minimum atomic E-state index is -0.642. The van der Waals surface area contributed by atoms with Gasteiger partial charge in [0.05, 0.1) is 13.7 Å². The van der Waals surface area contributed by atoms with Crippen LogP contribution in [-0.2, 0) is 20.9 Å². The summed E-state index contributed by atoms with van der Waals surface area (Å²) in [6, 6.07) is 7.81. The minimum Gasteiger partial charge on any atom is -0.497 e. The molecule has 0 amide bonds. The number of nitrogens with zero attached hydrogens (tertiary/aromatic N) is 1. The second-order valence-corrected chi connectivity index (χ2v) is 5.10. The third-order valence-corrected chi connectivity index (χ3v) is 3.64. The molecule has 0 unspecified atom stereocenters. The number of methoxy groups -OCH3 is 1. The Morgan fingerprint density at radius 1 is 1.33 bits per heavy atom. The molecular weight excluding hydrogens is 270 g/mol. The summed E-state index contributed by atoms with van der Waals surface area (Å²) in [4.78, 5) is 25.8. The van der Waals surface area contributed by atoms with Crippen LogP contribution in [0.4, 0.5) is 0 Å². The van der Waals surface area contributed by atoms with Crippen LogP contribution in [0.3, 0.4) is 0 Å². The van der Waals surface area contributed by atoms with E-state index in [-0.39, 0.29) is 5.78 Å². The summed E-state index contributed by atoms with van der Waals surface area (Å²) in [6.45, 7) is 3.89. The van der Waals surface area contributed by atoms with Crippen molar-refractivity contribution in [1.82, 2.24) is 4.90 Å². The van der Waals surface area contributed by atoms with Crippen molar-refractivity contribution in [2.24, 2.45) is 5.92 Å². The lowest BCUT2D eigenvalue weighted by Gasteiger charge is -2.30. The fourth-order valence-electron chi connectivity index (χ4n) is 2.48. The Morgan fingerprint density at radius 3 is 2.67 bits per heavy atom. The van der Waals surface area contributed by atoms with Crippen LogP contribution in [0.5, 0.6) is 5.75 Å². The number of likely N-dealkylation sites (tertiary alicyclic amines) is 1. The van der Waals surface area contributed by atoms with Crippen molar-refractivity contribution in [3.8, 4) is 5.75 Å². The zero-order chi connectivity index (χ0) is 15.2. The van der Waals surface area contributed by atoms with Crippen molar-refractivity contribution in [1.29, 1.82) is 0 Å². The highest BCUT2D eigenvalue weighted by atomic mass is 16.5. The number of carbonyl (C=O) groups is 2. The Labute approximate surface area is 124 Å². The van der Waals surface area contributed by atoms with Gasteiger partial charge in [0.2, 0.25) is 0 Å². The van der Waals surface area contributed by atoms with Crippen LogP contribution in [0.25, 0.3) is 0 Å². The van der Waals surface area contributed by atoms with Gasteiger partial charge in [-0.2, -0.15) is 0 Å². The molecule has 2 rings (SSSR count). The molecule has 5 heteroatoms. The Hall–Kier alpha value is -1.88. The van der Waals surface area contributed by atoms with Crippen molar-refractivity contribution >= 4 is 11.8 Å². The van der Waals surface area contributed by atoms with Crippen LogP contribution >= 0.6 is 0 Å². The second kappa shape index (κ2) is 7.22. The number of ether oxygens (including phenoxy) is 2. The summed E-state index contributed by atoms with van der Waals surface area (Å²) in [5.74, 6) is -0.240. The molecule has 1 fully saturated rings. The van der Waals surface area contributed by atoms with Gasteiger partial charge < -0.3 is 9.47 Å². The van der Waals surface area contributed by atoms with Crippen LogP contribution in [0.1, 0.15) is 18.9 Å². The number of piperidine rings is 1. The molecule has 1 aliphatic heterocycles. The molecule has 1 atom stereocenters. The predicted molar refractivity (Wildman–Crippen MR) is 78.0 cm³/mol. The fraction of sp³-hybridized carbons (Fsp3) is 0.500. The van der Waals surface area contributed by atoms with Crippen LogP contribution < -0.4 is 4.74 Å². The first-order valence-electron chi connectivity index (χ1n) is 7.18. The SMILES string of the molecule is CCOC(=O)[C@H]1CN(Cc2ccc(OC)cc2)CCC1=O. The van der Waals surface area contributed by atoms with Crippen molar-refractivity contribution in [3.05, 3.63) is 29.8 Å². The average Bonchev–Trinajstić information content (AvgIpc) is 2.50. The van der Waals surface area contributed by atoms with Gasteiger partial charge in [0.25, 0.3) is 0 Å². The van der Waals surface area contributed by atoms with E-state index in [2.05, 4.69) is 4.90 Å². The maximum atomic E-state index is 11.8. The summed E-state index contributed by atoms with van der Waals surface area (Å²) in [5.41, 5.74) is 1.13. The molecule has 0 aromatic heterocycles. The van der Waals surface area contributed by atoms with E-state index in [9.17, 15) is 9.59 Å². The molecule has 0 bridgehead atoms. The van der Waals surface area contributed by atoms with Crippen LogP contribution in [0.2, 0.25) is 0 Å². The van der Waals surface area contributed by atoms with Crippen molar-refractivity contribution in [2.45, 2.75) is 19.9 Å². The normalized spacial score (nSPS) is 19.3. The molecule has 114 valence electrons. The van der Waals surface area contributed by atoms with Gasteiger partial charge in [-0.15, -0.1) is 0 Å². The Bertz CT molecular complexity index is 498. The summed E-state index contributed by atoms with van der Waals surface area (Å²) >= 11 is 0. The summed E-state index contributed by atoms with van der Waals surface area (Å²) in [7, 11) is 1.63. The third-order valence-electron chi connectivity index (χ3n) is 3.64. The quantitative estimate of drug-likeness (QED) is 0.610. The lowest BCUT2D eigenvalue weighted by atomic mass is 9.96. The van der Waals surface area contributed by atoms with Gasteiger partial charge in [-0.1, -0.05) is 12.1 Å². The lowest BCUT2D eigenvalue weighted by molar-refractivity contribution is -0.154. The number of hydrogen-bond acceptors (Lipinski definition) is 5. The predicted octanol–water partition coefficient (Wildman–Crippen LogP) is 1.65. The molecule has 0 saturated carbocycles. The monoisotopic (exact) mass is 291 g/mol. The molecule has 21 heavy (non-hydrogen) atoms. The Balaban J connectivity index is 1.97. The molecule has 1 heterocycles. The van der Waals surface area contributed by atoms with E-state index in [0.717, 1.165) is 11.3 Å². The third kappa shape index (κ3) is 4.04. The van der Waals surface area contributed by atoms with Gasteiger partial charge in [0, 0.05) is 26.1 Å². The van der Waals surface area contributed by atoms with Crippen LogP contribution in [-0.4, -0.2) is 43.5 Å². The highest BCUT2D eigenvalue weighted by Gasteiger charge is 2.33. The number of Topliss-reactive ketones (excluding diaryl/α,β-unsaturated/α-hetero) is 1. The number of benzene rings is 1. The molecule has 5 nitrogen and oxygen atoms in total. The van der Waals surface area contributed by atoms with Gasteiger partial charge in [0.1, 0.15) is 17.5 Å². The van der Waals surface area contributed by atoms with Gasteiger partial charge in [-0.3, -0.25) is 14.5 Å². The number of ketones is 1. The summed E-state index contributed by atoms with van der Waals surface area (Å²) < 4.78 is 10.1. The van der Waals surface area contributed by atoms with E-state index in [1.807, 2.05) is 24.3 Å². The molecule has 0 spiro atoms. The number of esters is 1. The van der Waals surface area contributed by atoms with E-state index in [4.69, 9.17) is 9.47 Å². The van der Waals surface area contributed by atoms with Crippen LogP contribution in [0, 0.1) is 5.92 Å². The van der Waals surface area contributed by atoms with E-state index in [0.29, 0.717) is 32.7 Å². The highest BCUT2D eigenvalue weighted by molar-refractivity contribution is 5.99. The molecule has 1 aromatic carbocycles. The molecule has 0 aliphatic carbocycles. The molecule has 1 aliphatic rings. The molecule has 0 N–H and O–H groups in total. The average molecular weight is 291 g/mol. The van der Waals surface area contributed by atoms with Crippen molar-refractivity contribution < 1.29 is 19.1 Å². The van der Waals surface area contributed by atoms with Gasteiger partial charge in [-0.05, 0) is 24.6 Å². The molecule has 0 radical (unpaired) electrons. The number of hydrogen-bond donors (Lipinski definition) is 0. The largest absolute Gasteiger partial charge is 0.497 e. The second-order valence-electron chi connectivity index (χ2n) is 5.10. The lowest BCUT2D eigenvalue weighted by Crippen LogP contribution is -2.44.